The summed E-state index contributed by atoms with van der Waals surface area (Å²) in [5.41, 5.74) is 1.10. The Morgan fingerprint density at radius 2 is 1.74 bits per heavy atom. The SMILES string of the molecule is CCC(C(F)(F)F)C(C)(I)c1ccc(C(C)=O)cc1. The lowest BCUT2D eigenvalue weighted by atomic mass is 9.84. The largest absolute Gasteiger partial charge is 0.393 e. The van der Waals surface area contributed by atoms with Crippen LogP contribution in [0.2, 0.25) is 0 Å². The number of carbonyl (C=O) groups is 1. The Kier molecular flexibility index (Phi) is 5.03. The first-order chi connectivity index (χ1) is 8.60. The van der Waals surface area contributed by atoms with Crippen molar-refractivity contribution in [3.05, 3.63) is 35.4 Å². The maximum atomic E-state index is 13.1. The molecule has 0 bridgehead atoms. The summed E-state index contributed by atoms with van der Waals surface area (Å²) in [6.45, 7) is 4.56. The smallest absolute Gasteiger partial charge is 0.295 e. The third-order valence-corrected chi connectivity index (χ3v) is 4.69. The number of Topliss-reactive ketones (excluding diaryl/α,β-unsaturated/α-hetero) is 1. The molecule has 0 saturated carbocycles. The molecule has 106 valence electrons. The molecule has 1 aromatic carbocycles. The van der Waals surface area contributed by atoms with Crippen molar-refractivity contribution in [1.82, 2.24) is 0 Å². The molecule has 0 radical (unpaired) electrons. The topological polar surface area (TPSA) is 17.1 Å². The fourth-order valence-corrected chi connectivity index (χ4v) is 3.31. The third-order valence-electron chi connectivity index (χ3n) is 3.31. The molecule has 0 spiro atoms. The van der Waals surface area contributed by atoms with Crippen molar-refractivity contribution in [2.75, 3.05) is 0 Å². The Bertz CT molecular complexity index is 449. The van der Waals surface area contributed by atoms with E-state index in [9.17, 15) is 18.0 Å². The van der Waals surface area contributed by atoms with Gasteiger partial charge in [-0.15, -0.1) is 0 Å². The van der Waals surface area contributed by atoms with Crippen LogP contribution in [0.15, 0.2) is 24.3 Å². The monoisotopic (exact) mass is 384 g/mol. The van der Waals surface area contributed by atoms with Gasteiger partial charge in [0.1, 0.15) is 0 Å². The minimum atomic E-state index is -4.23. The predicted octanol–water partition coefficient (Wildman–Crippen LogP) is 5.13. The van der Waals surface area contributed by atoms with Crippen molar-refractivity contribution in [3.8, 4) is 0 Å². The van der Waals surface area contributed by atoms with Gasteiger partial charge in [-0.3, -0.25) is 4.79 Å². The highest BCUT2D eigenvalue weighted by atomic mass is 127. The summed E-state index contributed by atoms with van der Waals surface area (Å²) in [7, 11) is 0. The van der Waals surface area contributed by atoms with Crippen LogP contribution < -0.4 is 0 Å². The molecule has 0 aliphatic heterocycles. The summed E-state index contributed by atoms with van der Waals surface area (Å²) >= 11 is 1.85. The minimum absolute atomic E-state index is 0.0252. The number of carbonyl (C=O) groups excluding carboxylic acids is 1. The Morgan fingerprint density at radius 1 is 1.26 bits per heavy atom. The molecule has 19 heavy (non-hydrogen) atoms. The molecule has 1 rings (SSSR count). The fraction of sp³-hybridized carbons (Fsp3) is 0.500. The van der Waals surface area contributed by atoms with Crippen LogP contribution >= 0.6 is 22.6 Å². The van der Waals surface area contributed by atoms with Crippen LogP contribution in [0.25, 0.3) is 0 Å². The Balaban J connectivity index is 3.14. The summed E-state index contributed by atoms with van der Waals surface area (Å²) in [6, 6.07) is 6.38. The molecule has 0 saturated heterocycles. The molecule has 2 atom stereocenters. The van der Waals surface area contributed by atoms with E-state index in [0.717, 1.165) is 0 Å². The molecule has 1 nitrogen and oxygen atoms in total. The first-order valence-corrected chi connectivity index (χ1v) is 7.05. The molecule has 2 unspecified atom stereocenters. The normalized spacial score (nSPS) is 16.8. The average molecular weight is 384 g/mol. The molecule has 0 amide bonds. The lowest BCUT2D eigenvalue weighted by Gasteiger charge is -2.34. The minimum Gasteiger partial charge on any atom is -0.295 e. The molecule has 0 aliphatic carbocycles. The zero-order valence-corrected chi connectivity index (χ0v) is 13.2. The number of halogens is 4. The lowest BCUT2D eigenvalue weighted by molar-refractivity contribution is -0.182. The van der Waals surface area contributed by atoms with Gasteiger partial charge in [0.2, 0.25) is 0 Å². The summed E-state index contributed by atoms with van der Waals surface area (Å²) in [5, 5.41) is 0. The van der Waals surface area contributed by atoms with Gasteiger partial charge in [-0.05, 0) is 25.8 Å². The average Bonchev–Trinajstić information content (AvgIpc) is 2.27. The van der Waals surface area contributed by atoms with Crippen molar-refractivity contribution in [2.24, 2.45) is 5.92 Å². The van der Waals surface area contributed by atoms with Gasteiger partial charge in [0, 0.05) is 5.56 Å². The maximum absolute atomic E-state index is 13.1. The molecule has 0 fully saturated rings. The van der Waals surface area contributed by atoms with Crippen molar-refractivity contribution >= 4 is 28.4 Å². The van der Waals surface area contributed by atoms with E-state index in [1.54, 1.807) is 38.1 Å². The second kappa shape index (κ2) is 5.81. The Hall–Kier alpha value is -0.590. The summed E-state index contributed by atoms with van der Waals surface area (Å²) in [6.07, 6.45) is -4.21. The van der Waals surface area contributed by atoms with Crippen molar-refractivity contribution in [1.29, 1.82) is 0 Å². The van der Waals surface area contributed by atoms with Crippen LogP contribution in [-0.2, 0) is 3.42 Å². The molecular formula is C14H16F3IO. The van der Waals surface area contributed by atoms with E-state index in [4.69, 9.17) is 0 Å². The van der Waals surface area contributed by atoms with Gasteiger partial charge in [0.15, 0.2) is 5.78 Å². The number of benzene rings is 1. The zero-order chi connectivity index (χ0) is 14.8. The van der Waals surface area contributed by atoms with E-state index in [1.807, 2.05) is 22.6 Å². The number of hydrogen-bond donors (Lipinski definition) is 0. The predicted molar refractivity (Wildman–Crippen MR) is 77.7 cm³/mol. The second-order valence-electron chi connectivity index (χ2n) is 4.71. The van der Waals surface area contributed by atoms with Crippen LogP contribution in [0, 0.1) is 5.92 Å². The van der Waals surface area contributed by atoms with Gasteiger partial charge in [-0.1, -0.05) is 53.8 Å². The number of ketones is 1. The molecule has 0 N–H and O–H groups in total. The number of alkyl halides is 4. The molecule has 0 aromatic heterocycles. The Labute approximate surface area is 124 Å². The van der Waals surface area contributed by atoms with E-state index >= 15 is 0 Å². The van der Waals surface area contributed by atoms with E-state index in [2.05, 4.69) is 0 Å². The third kappa shape index (κ3) is 3.70. The first kappa shape index (κ1) is 16.5. The van der Waals surface area contributed by atoms with E-state index in [1.165, 1.54) is 6.92 Å². The first-order valence-electron chi connectivity index (χ1n) is 5.97. The van der Waals surface area contributed by atoms with Gasteiger partial charge in [-0.25, -0.2) is 0 Å². The lowest BCUT2D eigenvalue weighted by Crippen LogP contribution is -2.36. The number of rotatable bonds is 4. The van der Waals surface area contributed by atoms with Crippen LogP contribution in [0.1, 0.15) is 43.1 Å². The van der Waals surface area contributed by atoms with Crippen LogP contribution in [-0.4, -0.2) is 12.0 Å². The summed E-state index contributed by atoms with van der Waals surface area (Å²) < 4.78 is 38.1. The molecule has 0 aliphatic rings. The van der Waals surface area contributed by atoms with Gasteiger partial charge < -0.3 is 0 Å². The van der Waals surface area contributed by atoms with Crippen LogP contribution in [0.3, 0.4) is 0 Å². The van der Waals surface area contributed by atoms with Gasteiger partial charge >= 0.3 is 6.18 Å². The summed E-state index contributed by atoms with van der Waals surface area (Å²) in [4.78, 5) is 11.2. The van der Waals surface area contributed by atoms with Gasteiger partial charge in [0.25, 0.3) is 0 Å². The maximum Gasteiger partial charge on any atom is 0.393 e. The standard InChI is InChI=1S/C14H16F3IO/c1-4-12(14(15,16)17)13(3,18)11-7-5-10(6-8-11)9(2)19/h5-8,12H,4H2,1-3H3. The van der Waals surface area contributed by atoms with Crippen molar-refractivity contribution < 1.29 is 18.0 Å². The van der Waals surface area contributed by atoms with Crippen LogP contribution in [0.5, 0.6) is 0 Å². The molecule has 5 heteroatoms. The van der Waals surface area contributed by atoms with Gasteiger partial charge in [0.05, 0.1) is 9.34 Å². The molecule has 0 heterocycles. The summed E-state index contributed by atoms with van der Waals surface area (Å²) in [5.74, 6) is -1.51. The van der Waals surface area contributed by atoms with Gasteiger partial charge in [-0.2, -0.15) is 13.2 Å². The quantitative estimate of drug-likeness (QED) is 0.400. The molecular weight excluding hydrogens is 368 g/mol. The Morgan fingerprint density at radius 3 is 2.05 bits per heavy atom. The highest BCUT2D eigenvalue weighted by Crippen LogP contribution is 2.48. The van der Waals surface area contributed by atoms with Crippen LogP contribution in [0.4, 0.5) is 13.2 Å². The van der Waals surface area contributed by atoms with Crippen molar-refractivity contribution in [3.63, 3.8) is 0 Å². The second-order valence-corrected chi connectivity index (χ2v) is 6.95. The van der Waals surface area contributed by atoms with E-state index < -0.39 is 15.5 Å². The van der Waals surface area contributed by atoms with E-state index in [-0.39, 0.29) is 12.2 Å². The number of hydrogen-bond acceptors (Lipinski definition) is 1. The molecule has 1 aromatic rings. The highest BCUT2D eigenvalue weighted by molar-refractivity contribution is 14.1. The fourth-order valence-electron chi connectivity index (χ4n) is 2.15. The van der Waals surface area contributed by atoms with E-state index in [0.29, 0.717) is 11.1 Å². The highest BCUT2D eigenvalue weighted by Gasteiger charge is 2.49. The van der Waals surface area contributed by atoms with Crippen molar-refractivity contribution in [2.45, 2.75) is 36.8 Å². The zero-order valence-electron chi connectivity index (χ0n) is 11.0.